The van der Waals surface area contributed by atoms with Gasteiger partial charge in [0.1, 0.15) is 5.75 Å². The average Bonchev–Trinajstić information content (AvgIpc) is 2.56. The van der Waals surface area contributed by atoms with Gasteiger partial charge in [0.2, 0.25) is 0 Å². The Labute approximate surface area is 134 Å². The number of esters is 1. The summed E-state index contributed by atoms with van der Waals surface area (Å²) in [5, 5.41) is 0. The number of hydrogen-bond donors (Lipinski definition) is 0. The molecule has 1 aromatic rings. The van der Waals surface area contributed by atoms with E-state index in [0.717, 1.165) is 24.3 Å². The van der Waals surface area contributed by atoms with Gasteiger partial charge >= 0.3 is 5.97 Å². The van der Waals surface area contributed by atoms with E-state index >= 15 is 0 Å². The highest BCUT2D eigenvalue weighted by atomic mass is 16.5. The number of ether oxygens (including phenoxy) is 1. The third-order valence-electron chi connectivity index (χ3n) is 4.64. The van der Waals surface area contributed by atoms with Gasteiger partial charge in [-0.1, -0.05) is 38.5 Å². The molecule has 2 nitrogen and oxygen atoms in total. The normalized spacial score (nSPS) is 21.1. The number of hydrogen-bond acceptors (Lipinski definition) is 2. The highest BCUT2D eigenvalue weighted by molar-refractivity contribution is 5.75. The van der Waals surface area contributed by atoms with Gasteiger partial charge in [0.05, 0.1) is 5.92 Å². The maximum absolute atomic E-state index is 12.2. The molecule has 0 aliphatic heterocycles. The summed E-state index contributed by atoms with van der Waals surface area (Å²) in [6.07, 6.45) is 14.9. The van der Waals surface area contributed by atoms with E-state index < -0.39 is 0 Å². The van der Waals surface area contributed by atoms with E-state index in [0.29, 0.717) is 5.75 Å². The minimum absolute atomic E-state index is 0.0646. The second kappa shape index (κ2) is 8.63. The second-order valence-corrected chi connectivity index (χ2v) is 6.30. The quantitative estimate of drug-likeness (QED) is 0.321. The van der Waals surface area contributed by atoms with Gasteiger partial charge in [0, 0.05) is 5.56 Å². The van der Waals surface area contributed by atoms with Gasteiger partial charge < -0.3 is 4.74 Å². The van der Waals surface area contributed by atoms with Crippen molar-refractivity contribution in [3.63, 3.8) is 0 Å². The number of unbranched alkanes of at least 4 members (excludes halogenated alkanes) is 2. The Morgan fingerprint density at radius 1 is 1.18 bits per heavy atom. The molecule has 1 aliphatic carbocycles. The molecule has 2 heteroatoms. The maximum atomic E-state index is 12.2. The van der Waals surface area contributed by atoms with Gasteiger partial charge in [0.25, 0.3) is 0 Å². The Morgan fingerprint density at radius 3 is 2.45 bits per heavy atom. The zero-order chi connectivity index (χ0) is 15.8. The Bertz CT molecular complexity index is 502. The lowest BCUT2D eigenvalue weighted by Crippen LogP contribution is -2.25. The summed E-state index contributed by atoms with van der Waals surface area (Å²) in [5.74, 6) is 3.94. The fraction of sp³-hybridized carbons (Fsp3) is 0.550. The first-order chi connectivity index (χ1) is 10.7. The molecular formula is C20H26O2. The lowest BCUT2D eigenvalue weighted by molar-refractivity contribution is -0.140. The molecule has 0 bridgehead atoms. The maximum Gasteiger partial charge on any atom is 0.314 e. The first-order valence-electron chi connectivity index (χ1n) is 8.51. The van der Waals surface area contributed by atoms with E-state index in [4.69, 9.17) is 11.2 Å². The largest absolute Gasteiger partial charge is 0.426 e. The van der Waals surface area contributed by atoms with Gasteiger partial charge in [-0.15, -0.1) is 6.42 Å². The van der Waals surface area contributed by atoms with E-state index in [1.165, 1.54) is 38.5 Å². The molecule has 0 radical (unpaired) electrons. The summed E-state index contributed by atoms with van der Waals surface area (Å²) in [4.78, 5) is 12.2. The summed E-state index contributed by atoms with van der Waals surface area (Å²) >= 11 is 0. The number of carbonyl (C=O) groups is 1. The van der Waals surface area contributed by atoms with E-state index in [-0.39, 0.29) is 11.9 Å². The van der Waals surface area contributed by atoms with Crippen molar-refractivity contribution in [3.05, 3.63) is 29.8 Å². The number of carbonyl (C=O) groups excluding carboxylic acids is 1. The molecular weight excluding hydrogens is 272 g/mol. The molecule has 2 rings (SSSR count). The topological polar surface area (TPSA) is 26.3 Å². The third kappa shape index (κ3) is 4.91. The van der Waals surface area contributed by atoms with Gasteiger partial charge in [-0.2, -0.15) is 0 Å². The van der Waals surface area contributed by atoms with Crippen molar-refractivity contribution >= 4 is 5.97 Å². The smallest absolute Gasteiger partial charge is 0.314 e. The minimum Gasteiger partial charge on any atom is -0.426 e. The lowest BCUT2D eigenvalue weighted by atomic mass is 9.80. The predicted octanol–water partition coefficient (Wildman–Crippen LogP) is 4.96. The summed E-state index contributed by atoms with van der Waals surface area (Å²) in [7, 11) is 0. The van der Waals surface area contributed by atoms with Crippen molar-refractivity contribution in [1.82, 2.24) is 0 Å². The molecule has 0 atom stereocenters. The SMILES string of the molecule is C#Cc1ccc(OC(=O)[C@H]2CC[C@H](CCCCC)CC2)cc1. The van der Waals surface area contributed by atoms with Gasteiger partial charge in [-0.25, -0.2) is 0 Å². The molecule has 0 saturated heterocycles. The molecule has 1 saturated carbocycles. The Hall–Kier alpha value is -1.75. The van der Waals surface area contributed by atoms with Crippen molar-refractivity contribution in [1.29, 1.82) is 0 Å². The van der Waals surface area contributed by atoms with Crippen LogP contribution >= 0.6 is 0 Å². The zero-order valence-corrected chi connectivity index (χ0v) is 13.5. The van der Waals surface area contributed by atoms with Gasteiger partial charge in [-0.05, 0) is 55.9 Å². The van der Waals surface area contributed by atoms with E-state index in [1.54, 1.807) is 24.3 Å². The first-order valence-corrected chi connectivity index (χ1v) is 8.51. The molecule has 118 valence electrons. The molecule has 1 fully saturated rings. The predicted molar refractivity (Wildman–Crippen MR) is 89.6 cm³/mol. The monoisotopic (exact) mass is 298 g/mol. The molecule has 0 amide bonds. The van der Waals surface area contributed by atoms with E-state index in [1.807, 2.05) is 0 Å². The molecule has 0 unspecified atom stereocenters. The van der Waals surface area contributed by atoms with Crippen molar-refractivity contribution in [2.45, 2.75) is 58.3 Å². The summed E-state index contributed by atoms with van der Waals surface area (Å²) in [6.45, 7) is 2.24. The van der Waals surface area contributed by atoms with Crippen LogP contribution < -0.4 is 4.74 Å². The van der Waals surface area contributed by atoms with Crippen LogP contribution in [0.2, 0.25) is 0 Å². The average molecular weight is 298 g/mol. The first kappa shape index (κ1) is 16.6. The summed E-state index contributed by atoms with van der Waals surface area (Å²) in [6, 6.07) is 7.13. The highest BCUT2D eigenvalue weighted by Gasteiger charge is 2.27. The Morgan fingerprint density at radius 2 is 1.86 bits per heavy atom. The van der Waals surface area contributed by atoms with Crippen LogP contribution in [0.3, 0.4) is 0 Å². The fourth-order valence-corrected chi connectivity index (χ4v) is 3.19. The van der Waals surface area contributed by atoms with Crippen LogP contribution in [0, 0.1) is 24.2 Å². The van der Waals surface area contributed by atoms with Crippen LogP contribution in [0.1, 0.15) is 63.9 Å². The fourth-order valence-electron chi connectivity index (χ4n) is 3.19. The standard InChI is InChI=1S/C20H26O2/c1-3-5-6-7-17-8-12-18(13-9-17)20(21)22-19-14-10-16(4-2)11-15-19/h2,10-11,14-15,17-18H,3,5-9,12-13H2,1H3/t17-,18-. The second-order valence-electron chi connectivity index (χ2n) is 6.30. The van der Waals surface area contributed by atoms with Crippen molar-refractivity contribution in [2.24, 2.45) is 11.8 Å². The number of rotatable bonds is 6. The van der Waals surface area contributed by atoms with Crippen LogP contribution in [-0.2, 0) is 4.79 Å². The minimum atomic E-state index is -0.0829. The van der Waals surface area contributed by atoms with Crippen molar-refractivity contribution in [2.75, 3.05) is 0 Å². The molecule has 0 aromatic heterocycles. The molecule has 1 aromatic carbocycles. The number of benzene rings is 1. The van der Waals surface area contributed by atoms with E-state index in [9.17, 15) is 4.79 Å². The summed E-state index contributed by atoms with van der Waals surface area (Å²) < 4.78 is 5.48. The van der Waals surface area contributed by atoms with Crippen LogP contribution in [-0.4, -0.2) is 5.97 Å². The van der Waals surface area contributed by atoms with Crippen LogP contribution in [0.5, 0.6) is 5.75 Å². The summed E-state index contributed by atoms with van der Waals surface area (Å²) in [5.41, 5.74) is 0.799. The Balaban J connectivity index is 1.76. The zero-order valence-electron chi connectivity index (χ0n) is 13.5. The molecule has 0 N–H and O–H groups in total. The van der Waals surface area contributed by atoms with Crippen LogP contribution in [0.25, 0.3) is 0 Å². The Kier molecular flexibility index (Phi) is 6.52. The van der Waals surface area contributed by atoms with Gasteiger partial charge in [-0.3, -0.25) is 4.79 Å². The van der Waals surface area contributed by atoms with Crippen molar-refractivity contribution < 1.29 is 9.53 Å². The lowest BCUT2D eigenvalue weighted by Gasteiger charge is -2.27. The highest BCUT2D eigenvalue weighted by Crippen LogP contribution is 2.33. The van der Waals surface area contributed by atoms with Crippen LogP contribution in [0.15, 0.2) is 24.3 Å². The van der Waals surface area contributed by atoms with Gasteiger partial charge in [0.15, 0.2) is 0 Å². The number of terminal acetylenes is 1. The third-order valence-corrected chi connectivity index (χ3v) is 4.64. The van der Waals surface area contributed by atoms with Crippen LogP contribution in [0.4, 0.5) is 0 Å². The molecule has 0 heterocycles. The molecule has 0 spiro atoms. The molecule has 1 aliphatic rings. The van der Waals surface area contributed by atoms with E-state index in [2.05, 4.69) is 12.8 Å². The van der Waals surface area contributed by atoms with Crippen molar-refractivity contribution in [3.8, 4) is 18.1 Å². The molecule has 22 heavy (non-hydrogen) atoms.